The van der Waals surface area contributed by atoms with E-state index >= 15 is 0 Å². The molecule has 1 heteroatoms. The minimum absolute atomic E-state index is 0.477. The van der Waals surface area contributed by atoms with Gasteiger partial charge in [-0.3, -0.25) is 4.90 Å². The van der Waals surface area contributed by atoms with Crippen LogP contribution in [0.3, 0.4) is 0 Å². The van der Waals surface area contributed by atoms with Crippen molar-refractivity contribution in [3.8, 4) is 11.1 Å². The molecule has 1 atom stereocenters. The Hall–Kier alpha value is -1.60. The molecule has 0 aromatic heterocycles. The summed E-state index contributed by atoms with van der Waals surface area (Å²) in [5.74, 6) is 0.823. The summed E-state index contributed by atoms with van der Waals surface area (Å²) in [5, 5.41) is 0. The highest BCUT2D eigenvalue weighted by molar-refractivity contribution is 5.78. The van der Waals surface area contributed by atoms with Crippen molar-refractivity contribution in [1.82, 2.24) is 4.90 Å². The Balaban J connectivity index is 1.83. The summed E-state index contributed by atoms with van der Waals surface area (Å²) in [7, 11) is 0. The van der Waals surface area contributed by atoms with Gasteiger partial charge in [0, 0.05) is 6.54 Å². The zero-order chi connectivity index (χ0) is 13.5. The fraction of sp³-hybridized carbons (Fsp3) is 0.368. The van der Waals surface area contributed by atoms with E-state index in [-0.39, 0.29) is 0 Å². The van der Waals surface area contributed by atoms with Crippen LogP contribution in [-0.4, -0.2) is 18.0 Å². The summed E-state index contributed by atoms with van der Waals surface area (Å²) in [4.78, 5) is 2.69. The lowest BCUT2D eigenvalue weighted by atomic mass is 9.95. The molecule has 0 spiro atoms. The molecule has 0 amide bonds. The Bertz CT molecular complexity index is 586. The van der Waals surface area contributed by atoms with Crippen LogP contribution in [-0.2, 0) is 0 Å². The van der Waals surface area contributed by atoms with Gasteiger partial charge in [0.15, 0.2) is 0 Å². The first-order chi connectivity index (χ1) is 9.84. The van der Waals surface area contributed by atoms with Crippen LogP contribution in [0.15, 0.2) is 48.5 Å². The van der Waals surface area contributed by atoms with E-state index in [0.717, 1.165) is 5.92 Å². The van der Waals surface area contributed by atoms with E-state index in [9.17, 15) is 0 Å². The van der Waals surface area contributed by atoms with Gasteiger partial charge in [-0.15, -0.1) is 0 Å². The molecular weight excluding hydrogens is 242 g/mol. The van der Waals surface area contributed by atoms with E-state index in [1.165, 1.54) is 48.2 Å². The van der Waals surface area contributed by atoms with Crippen molar-refractivity contribution < 1.29 is 0 Å². The van der Waals surface area contributed by atoms with E-state index in [2.05, 4.69) is 60.4 Å². The Morgan fingerprint density at radius 3 is 2.10 bits per heavy atom. The van der Waals surface area contributed by atoms with Crippen LogP contribution in [0.25, 0.3) is 11.1 Å². The molecule has 1 aliphatic carbocycles. The lowest BCUT2D eigenvalue weighted by Gasteiger charge is -2.36. The molecule has 2 aliphatic rings. The fourth-order valence-corrected chi connectivity index (χ4v) is 3.98. The van der Waals surface area contributed by atoms with E-state index in [1.807, 2.05) is 0 Å². The normalized spacial score (nSPS) is 22.6. The number of fused-ring (bicyclic) bond motifs is 3. The van der Waals surface area contributed by atoms with E-state index in [0.29, 0.717) is 6.04 Å². The molecule has 0 N–H and O–H groups in total. The highest BCUT2D eigenvalue weighted by Crippen LogP contribution is 2.46. The molecule has 0 unspecified atom stereocenters. The second kappa shape index (κ2) is 4.75. The van der Waals surface area contributed by atoms with Gasteiger partial charge in [-0.05, 0) is 47.6 Å². The van der Waals surface area contributed by atoms with Gasteiger partial charge in [0.1, 0.15) is 0 Å². The van der Waals surface area contributed by atoms with Crippen molar-refractivity contribution in [2.75, 3.05) is 13.1 Å². The third-order valence-corrected chi connectivity index (χ3v) is 4.85. The number of rotatable bonds is 1. The third kappa shape index (κ3) is 1.81. The number of piperidine rings is 1. The smallest absolute Gasteiger partial charge is 0.0614 e. The monoisotopic (exact) mass is 263 g/mol. The molecule has 20 heavy (non-hydrogen) atoms. The number of hydrogen-bond acceptors (Lipinski definition) is 1. The minimum Gasteiger partial charge on any atom is -0.292 e. The molecule has 0 radical (unpaired) electrons. The summed E-state index contributed by atoms with van der Waals surface area (Å²) in [6, 6.07) is 18.4. The maximum atomic E-state index is 2.69. The van der Waals surface area contributed by atoms with Crippen LogP contribution in [0.1, 0.15) is 36.9 Å². The quantitative estimate of drug-likeness (QED) is 0.733. The standard InChI is InChI=1S/C19H21N/c1-14-7-6-12-20(13-14)19-17-10-4-2-8-15(17)16-9-3-5-11-18(16)19/h2-5,8-11,14,19H,6-7,12-13H2,1H3/t14-/m0/s1. The molecule has 0 saturated carbocycles. The van der Waals surface area contributed by atoms with Crippen LogP contribution in [0.2, 0.25) is 0 Å². The Morgan fingerprint density at radius 1 is 0.900 bits per heavy atom. The first kappa shape index (κ1) is 12.2. The average molecular weight is 263 g/mol. The lowest BCUT2D eigenvalue weighted by Crippen LogP contribution is -2.37. The number of nitrogens with zero attached hydrogens (tertiary/aromatic N) is 1. The van der Waals surface area contributed by atoms with Gasteiger partial charge in [-0.2, -0.15) is 0 Å². The van der Waals surface area contributed by atoms with E-state index in [1.54, 1.807) is 0 Å². The van der Waals surface area contributed by atoms with Gasteiger partial charge in [0.2, 0.25) is 0 Å². The van der Waals surface area contributed by atoms with Crippen molar-refractivity contribution in [1.29, 1.82) is 0 Å². The van der Waals surface area contributed by atoms with Crippen LogP contribution >= 0.6 is 0 Å². The molecule has 1 heterocycles. The molecule has 1 nitrogen and oxygen atoms in total. The van der Waals surface area contributed by atoms with Crippen LogP contribution in [0.4, 0.5) is 0 Å². The van der Waals surface area contributed by atoms with Crippen LogP contribution in [0, 0.1) is 5.92 Å². The maximum absolute atomic E-state index is 2.69. The van der Waals surface area contributed by atoms with Gasteiger partial charge in [0.25, 0.3) is 0 Å². The van der Waals surface area contributed by atoms with E-state index < -0.39 is 0 Å². The van der Waals surface area contributed by atoms with Gasteiger partial charge in [-0.25, -0.2) is 0 Å². The highest BCUT2D eigenvalue weighted by atomic mass is 15.2. The predicted octanol–water partition coefficient (Wildman–Crippen LogP) is 4.49. The second-order valence-corrected chi connectivity index (χ2v) is 6.32. The first-order valence-corrected chi connectivity index (χ1v) is 7.77. The molecule has 0 bridgehead atoms. The SMILES string of the molecule is C[C@H]1CCCN(C2c3ccccc3-c3ccccc32)C1. The Labute approximate surface area is 121 Å². The van der Waals surface area contributed by atoms with Crippen molar-refractivity contribution in [2.45, 2.75) is 25.8 Å². The number of benzene rings is 2. The molecule has 4 rings (SSSR count). The summed E-state index contributed by atoms with van der Waals surface area (Å²) in [6.45, 7) is 4.85. The molecule has 2 aromatic carbocycles. The molecule has 102 valence electrons. The first-order valence-electron chi connectivity index (χ1n) is 7.77. The number of likely N-dealkylation sites (tertiary alicyclic amines) is 1. The van der Waals surface area contributed by atoms with Crippen molar-refractivity contribution in [2.24, 2.45) is 5.92 Å². The van der Waals surface area contributed by atoms with Crippen molar-refractivity contribution >= 4 is 0 Å². The largest absolute Gasteiger partial charge is 0.292 e. The average Bonchev–Trinajstić information content (AvgIpc) is 2.82. The van der Waals surface area contributed by atoms with Crippen LogP contribution in [0.5, 0.6) is 0 Å². The topological polar surface area (TPSA) is 3.24 Å². The summed E-state index contributed by atoms with van der Waals surface area (Å²) in [6.07, 6.45) is 2.72. The zero-order valence-corrected chi connectivity index (χ0v) is 12.0. The lowest BCUT2D eigenvalue weighted by molar-refractivity contribution is 0.151. The molecule has 1 fully saturated rings. The summed E-state index contributed by atoms with van der Waals surface area (Å²) >= 11 is 0. The Morgan fingerprint density at radius 2 is 1.50 bits per heavy atom. The minimum atomic E-state index is 0.477. The van der Waals surface area contributed by atoms with E-state index in [4.69, 9.17) is 0 Å². The molecular formula is C19H21N. The molecule has 2 aromatic rings. The third-order valence-electron chi connectivity index (χ3n) is 4.85. The van der Waals surface area contributed by atoms with Gasteiger partial charge in [0.05, 0.1) is 6.04 Å². The highest BCUT2D eigenvalue weighted by Gasteiger charge is 2.33. The second-order valence-electron chi connectivity index (χ2n) is 6.32. The number of hydrogen-bond donors (Lipinski definition) is 0. The van der Waals surface area contributed by atoms with Gasteiger partial charge < -0.3 is 0 Å². The van der Waals surface area contributed by atoms with Gasteiger partial charge in [-0.1, -0.05) is 55.5 Å². The fourth-order valence-electron chi connectivity index (χ4n) is 3.98. The zero-order valence-electron chi connectivity index (χ0n) is 12.0. The predicted molar refractivity (Wildman–Crippen MR) is 83.7 cm³/mol. The van der Waals surface area contributed by atoms with Crippen LogP contribution < -0.4 is 0 Å². The Kier molecular flexibility index (Phi) is 2.89. The summed E-state index contributed by atoms with van der Waals surface area (Å²) < 4.78 is 0. The molecule has 1 aliphatic heterocycles. The summed E-state index contributed by atoms with van der Waals surface area (Å²) in [5.41, 5.74) is 5.88. The van der Waals surface area contributed by atoms with Crippen molar-refractivity contribution in [3.63, 3.8) is 0 Å². The van der Waals surface area contributed by atoms with Gasteiger partial charge >= 0.3 is 0 Å². The maximum Gasteiger partial charge on any atom is 0.0614 e. The van der Waals surface area contributed by atoms with Crippen molar-refractivity contribution in [3.05, 3.63) is 59.7 Å². The molecule has 1 saturated heterocycles.